The standard InChI is InChI=1S/C23H26ClF3N4O2/c24-17-9-11-19(12-10-17)30-22(33)31(20-8-4-5-16(15-20)23(25,26)27)14-13-28-21(32)29-18-6-2-1-3-7-18/h4-5,8-12,15,18H,1-3,6-7,13-14H2,(H,30,33)(H2,28,29,32). The van der Waals surface area contributed by atoms with Gasteiger partial charge in [0.2, 0.25) is 0 Å². The van der Waals surface area contributed by atoms with Crippen LogP contribution in [0.5, 0.6) is 0 Å². The largest absolute Gasteiger partial charge is 0.416 e. The Morgan fingerprint density at radius 1 is 1.03 bits per heavy atom. The second-order valence-corrected chi connectivity index (χ2v) is 8.31. The van der Waals surface area contributed by atoms with Crippen LogP contribution < -0.4 is 20.9 Å². The third kappa shape index (κ3) is 7.56. The molecule has 0 aliphatic heterocycles. The molecular formula is C23H26ClF3N4O2. The van der Waals surface area contributed by atoms with Crippen LogP contribution >= 0.6 is 11.6 Å². The number of carbonyl (C=O) groups excluding carboxylic acids is 2. The van der Waals surface area contributed by atoms with E-state index in [0.29, 0.717) is 10.7 Å². The Labute approximate surface area is 195 Å². The Balaban J connectivity index is 1.69. The lowest BCUT2D eigenvalue weighted by molar-refractivity contribution is -0.137. The molecule has 33 heavy (non-hydrogen) atoms. The van der Waals surface area contributed by atoms with Crippen LogP contribution in [0.3, 0.4) is 0 Å². The lowest BCUT2D eigenvalue weighted by atomic mass is 9.96. The quantitative estimate of drug-likeness (QED) is 0.470. The highest BCUT2D eigenvalue weighted by molar-refractivity contribution is 6.30. The molecule has 0 spiro atoms. The Bertz CT molecular complexity index is 947. The summed E-state index contributed by atoms with van der Waals surface area (Å²) < 4.78 is 39.6. The van der Waals surface area contributed by atoms with Crippen LogP contribution in [0, 0.1) is 0 Å². The molecule has 1 saturated carbocycles. The summed E-state index contributed by atoms with van der Waals surface area (Å²) in [5, 5.41) is 8.73. The zero-order chi connectivity index (χ0) is 23.8. The van der Waals surface area contributed by atoms with E-state index in [9.17, 15) is 22.8 Å². The van der Waals surface area contributed by atoms with Crippen LogP contribution in [0.2, 0.25) is 5.02 Å². The van der Waals surface area contributed by atoms with E-state index < -0.39 is 17.8 Å². The smallest absolute Gasteiger partial charge is 0.336 e. The van der Waals surface area contributed by atoms with Crippen molar-refractivity contribution < 1.29 is 22.8 Å². The Morgan fingerprint density at radius 2 is 1.73 bits per heavy atom. The molecule has 6 nitrogen and oxygen atoms in total. The molecular weight excluding hydrogens is 457 g/mol. The molecule has 1 aliphatic rings. The van der Waals surface area contributed by atoms with E-state index in [-0.39, 0.29) is 30.8 Å². The molecule has 0 bridgehead atoms. The van der Waals surface area contributed by atoms with Gasteiger partial charge < -0.3 is 16.0 Å². The average Bonchev–Trinajstić information content (AvgIpc) is 2.78. The maximum absolute atomic E-state index is 13.2. The van der Waals surface area contributed by atoms with Crippen molar-refractivity contribution in [3.63, 3.8) is 0 Å². The monoisotopic (exact) mass is 482 g/mol. The summed E-state index contributed by atoms with van der Waals surface area (Å²) in [6, 6.07) is 9.97. The number of urea groups is 2. The highest BCUT2D eigenvalue weighted by atomic mass is 35.5. The van der Waals surface area contributed by atoms with E-state index in [2.05, 4.69) is 16.0 Å². The van der Waals surface area contributed by atoms with Crippen LogP contribution in [0.25, 0.3) is 0 Å². The molecule has 0 atom stereocenters. The van der Waals surface area contributed by atoms with Gasteiger partial charge in [0.05, 0.1) is 5.56 Å². The number of carbonyl (C=O) groups is 2. The number of hydrogen-bond acceptors (Lipinski definition) is 2. The Kier molecular flexibility index (Phi) is 8.43. The van der Waals surface area contributed by atoms with Crippen LogP contribution in [0.1, 0.15) is 37.7 Å². The number of amides is 4. The van der Waals surface area contributed by atoms with Crippen LogP contribution in [0.4, 0.5) is 34.1 Å². The first-order valence-corrected chi connectivity index (χ1v) is 11.2. The van der Waals surface area contributed by atoms with Crippen molar-refractivity contribution in [3.8, 4) is 0 Å². The van der Waals surface area contributed by atoms with E-state index >= 15 is 0 Å². The summed E-state index contributed by atoms with van der Waals surface area (Å²) in [6.07, 6.45) is 0.597. The van der Waals surface area contributed by atoms with Crippen molar-refractivity contribution >= 4 is 35.0 Å². The Hall–Kier alpha value is -2.94. The van der Waals surface area contributed by atoms with Gasteiger partial charge in [-0.15, -0.1) is 0 Å². The lowest BCUT2D eigenvalue weighted by Gasteiger charge is -2.25. The van der Waals surface area contributed by atoms with Gasteiger partial charge in [0, 0.05) is 35.5 Å². The molecule has 0 saturated heterocycles. The van der Waals surface area contributed by atoms with Gasteiger partial charge in [0.1, 0.15) is 0 Å². The summed E-state index contributed by atoms with van der Waals surface area (Å²) in [5.74, 6) is 0. The van der Waals surface area contributed by atoms with E-state index in [1.165, 1.54) is 12.1 Å². The summed E-state index contributed by atoms with van der Waals surface area (Å²) in [7, 11) is 0. The zero-order valence-corrected chi connectivity index (χ0v) is 18.7. The highest BCUT2D eigenvalue weighted by Gasteiger charge is 2.31. The van der Waals surface area contributed by atoms with Gasteiger partial charge in [0.25, 0.3) is 0 Å². The SMILES string of the molecule is O=C(NCCN(C(=O)Nc1ccc(Cl)cc1)c1cccc(C(F)(F)F)c1)NC1CCCCC1. The van der Waals surface area contributed by atoms with Crippen molar-refractivity contribution in [1.29, 1.82) is 0 Å². The molecule has 0 radical (unpaired) electrons. The predicted octanol–water partition coefficient (Wildman–Crippen LogP) is 6.03. The van der Waals surface area contributed by atoms with Crippen molar-refractivity contribution in [2.24, 2.45) is 0 Å². The number of nitrogens with one attached hydrogen (secondary N) is 3. The number of rotatable bonds is 6. The topological polar surface area (TPSA) is 73.5 Å². The van der Waals surface area contributed by atoms with Crippen molar-refractivity contribution in [1.82, 2.24) is 10.6 Å². The maximum Gasteiger partial charge on any atom is 0.416 e. The molecule has 0 heterocycles. The minimum Gasteiger partial charge on any atom is -0.336 e. The number of benzene rings is 2. The van der Waals surface area contributed by atoms with Crippen molar-refractivity contribution in [2.45, 2.75) is 44.3 Å². The fourth-order valence-corrected chi connectivity index (χ4v) is 3.81. The normalized spacial score (nSPS) is 14.4. The Morgan fingerprint density at radius 3 is 2.39 bits per heavy atom. The van der Waals surface area contributed by atoms with E-state index in [1.54, 1.807) is 24.3 Å². The second-order valence-electron chi connectivity index (χ2n) is 7.87. The molecule has 4 amide bonds. The number of alkyl halides is 3. The molecule has 0 unspecified atom stereocenters. The van der Waals surface area contributed by atoms with Gasteiger partial charge in [-0.05, 0) is 55.3 Å². The first-order valence-electron chi connectivity index (χ1n) is 10.8. The first kappa shape index (κ1) is 24.7. The molecule has 3 N–H and O–H groups in total. The fraction of sp³-hybridized carbons (Fsp3) is 0.391. The van der Waals surface area contributed by atoms with Crippen LogP contribution in [0.15, 0.2) is 48.5 Å². The lowest BCUT2D eigenvalue weighted by Crippen LogP contribution is -2.46. The summed E-state index contributed by atoms with van der Waals surface area (Å²) in [6.45, 7) is 0.0294. The van der Waals surface area contributed by atoms with E-state index in [1.807, 2.05) is 0 Å². The minimum atomic E-state index is -4.55. The number of halogens is 4. The zero-order valence-electron chi connectivity index (χ0n) is 17.9. The van der Waals surface area contributed by atoms with Gasteiger partial charge in [0.15, 0.2) is 0 Å². The third-order valence-electron chi connectivity index (χ3n) is 5.39. The molecule has 1 fully saturated rings. The number of anilines is 2. The van der Waals surface area contributed by atoms with E-state index in [4.69, 9.17) is 11.6 Å². The average molecular weight is 483 g/mol. The van der Waals surface area contributed by atoms with Gasteiger partial charge in [-0.25, -0.2) is 9.59 Å². The summed E-state index contributed by atoms with van der Waals surface area (Å²) in [4.78, 5) is 26.3. The first-order chi connectivity index (χ1) is 15.7. The second kappa shape index (κ2) is 11.3. The third-order valence-corrected chi connectivity index (χ3v) is 5.64. The molecule has 178 valence electrons. The predicted molar refractivity (Wildman–Crippen MR) is 123 cm³/mol. The summed E-state index contributed by atoms with van der Waals surface area (Å²) >= 11 is 5.86. The summed E-state index contributed by atoms with van der Waals surface area (Å²) in [5.41, 5.74) is -0.373. The van der Waals surface area contributed by atoms with Gasteiger partial charge in [-0.3, -0.25) is 4.90 Å². The number of nitrogens with zero attached hydrogens (tertiary/aromatic N) is 1. The molecule has 2 aromatic rings. The molecule has 10 heteroatoms. The van der Waals surface area contributed by atoms with Gasteiger partial charge in [-0.1, -0.05) is 36.9 Å². The van der Waals surface area contributed by atoms with E-state index in [0.717, 1.165) is 49.1 Å². The minimum absolute atomic E-state index is 0.0289. The van der Waals surface area contributed by atoms with Gasteiger partial charge in [-0.2, -0.15) is 13.2 Å². The maximum atomic E-state index is 13.2. The van der Waals surface area contributed by atoms with Crippen LogP contribution in [-0.2, 0) is 6.18 Å². The molecule has 3 rings (SSSR count). The molecule has 2 aromatic carbocycles. The highest BCUT2D eigenvalue weighted by Crippen LogP contribution is 2.32. The number of hydrogen-bond donors (Lipinski definition) is 3. The van der Waals surface area contributed by atoms with Crippen molar-refractivity contribution in [2.75, 3.05) is 23.3 Å². The van der Waals surface area contributed by atoms with Gasteiger partial charge >= 0.3 is 18.2 Å². The fourth-order valence-electron chi connectivity index (χ4n) is 3.69. The molecule has 1 aliphatic carbocycles. The van der Waals surface area contributed by atoms with Crippen molar-refractivity contribution in [3.05, 3.63) is 59.1 Å². The molecule has 0 aromatic heterocycles. The van der Waals surface area contributed by atoms with Crippen LogP contribution in [-0.4, -0.2) is 31.2 Å².